The molecule has 222 valence electrons. The zero-order chi connectivity index (χ0) is 31.3. The van der Waals surface area contributed by atoms with Crippen LogP contribution in [0.1, 0.15) is 41.7 Å². The Hall–Kier alpha value is -5.95. The first-order valence-corrected chi connectivity index (χ1v) is 14.7. The highest BCUT2D eigenvalue weighted by molar-refractivity contribution is 6.14. The van der Waals surface area contributed by atoms with E-state index in [0.717, 1.165) is 44.9 Å². The first-order valence-electron chi connectivity index (χ1n) is 14.7. The van der Waals surface area contributed by atoms with Crippen molar-refractivity contribution in [3.8, 4) is 0 Å². The van der Waals surface area contributed by atoms with Gasteiger partial charge in [-0.15, -0.1) is 20.4 Å². The normalized spacial score (nSPS) is 11.3. The van der Waals surface area contributed by atoms with Crippen molar-refractivity contribution >= 4 is 34.7 Å². The third-order valence-electron chi connectivity index (χ3n) is 6.66. The van der Waals surface area contributed by atoms with Crippen LogP contribution in [-0.4, -0.2) is 29.1 Å². The Labute approximate surface area is 264 Å². The molecule has 7 heteroatoms. The molecule has 0 aliphatic carbocycles. The maximum atomic E-state index is 4.80. The average molecular weight is 590 g/mol. The van der Waals surface area contributed by atoms with E-state index in [1.165, 1.54) is 0 Å². The number of rotatable bonds is 7. The number of aliphatic imine (C=N–C) groups is 1. The molecule has 7 nitrogen and oxygen atoms in total. The fraction of sp³-hybridized carbons (Fsp3) is 0.0789. The summed E-state index contributed by atoms with van der Waals surface area (Å²) in [6.07, 6.45) is 0. The van der Waals surface area contributed by atoms with Crippen LogP contribution in [0.25, 0.3) is 0 Å². The highest BCUT2D eigenvalue weighted by atomic mass is 15.3. The third-order valence-corrected chi connectivity index (χ3v) is 6.66. The fourth-order valence-corrected chi connectivity index (χ4v) is 4.43. The summed E-state index contributed by atoms with van der Waals surface area (Å²) >= 11 is 0. The van der Waals surface area contributed by atoms with Gasteiger partial charge in [-0.3, -0.25) is 0 Å². The molecule has 0 radical (unpaired) electrons. The van der Waals surface area contributed by atoms with Gasteiger partial charge in [-0.25, -0.2) is 4.99 Å². The molecule has 0 spiro atoms. The Morgan fingerprint density at radius 2 is 0.756 bits per heavy atom. The van der Waals surface area contributed by atoms with Crippen molar-refractivity contribution in [2.24, 2.45) is 25.4 Å². The van der Waals surface area contributed by atoms with Gasteiger partial charge in [-0.2, -0.15) is 0 Å². The van der Waals surface area contributed by atoms with Crippen molar-refractivity contribution in [2.45, 2.75) is 20.8 Å². The molecule has 2 N–H and O–H groups in total. The van der Waals surface area contributed by atoms with Crippen LogP contribution in [0, 0.1) is 6.92 Å². The average Bonchev–Trinajstić information content (AvgIpc) is 3.08. The summed E-state index contributed by atoms with van der Waals surface area (Å²) in [5.74, 6) is 1.53. The van der Waals surface area contributed by atoms with Crippen molar-refractivity contribution in [3.63, 3.8) is 0 Å². The Kier molecular flexibility index (Phi) is 10.5. The van der Waals surface area contributed by atoms with Crippen molar-refractivity contribution in [1.29, 1.82) is 0 Å². The molecule has 0 aromatic heterocycles. The van der Waals surface area contributed by atoms with E-state index in [-0.39, 0.29) is 0 Å². The van der Waals surface area contributed by atoms with Crippen LogP contribution in [0.5, 0.6) is 0 Å². The quantitative estimate of drug-likeness (QED) is 0.115. The van der Waals surface area contributed by atoms with Crippen molar-refractivity contribution in [3.05, 3.63) is 173 Å². The van der Waals surface area contributed by atoms with E-state index in [1.54, 1.807) is 0 Å². The second-order valence-electron chi connectivity index (χ2n) is 10.3. The van der Waals surface area contributed by atoms with Gasteiger partial charge in [0.1, 0.15) is 23.1 Å². The lowest BCUT2D eigenvalue weighted by Crippen LogP contribution is -2.42. The summed E-state index contributed by atoms with van der Waals surface area (Å²) in [7, 11) is 0. The number of nitrogens with zero attached hydrogens (tertiary/aromatic N) is 5. The SMILES string of the molecule is C/C(=N\N=C(c1ccccc1)c1ccccc1)NC(=Nc1ccc(C)cc1)N/C(C)=N/N=C(c1ccccc1)c1ccccc1. The lowest BCUT2D eigenvalue weighted by Gasteiger charge is -2.12. The molecule has 45 heavy (non-hydrogen) atoms. The molecular weight excluding hydrogens is 554 g/mol. The van der Waals surface area contributed by atoms with E-state index in [9.17, 15) is 0 Å². The molecule has 0 saturated heterocycles. The second kappa shape index (κ2) is 15.5. The van der Waals surface area contributed by atoms with E-state index in [4.69, 9.17) is 4.99 Å². The number of hydrogen-bond acceptors (Lipinski definition) is 5. The molecule has 0 saturated carbocycles. The molecule has 0 unspecified atom stereocenters. The van der Waals surface area contributed by atoms with Crippen molar-refractivity contribution in [2.75, 3.05) is 0 Å². The number of benzene rings is 5. The van der Waals surface area contributed by atoms with E-state index < -0.39 is 0 Å². The summed E-state index contributed by atoms with van der Waals surface area (Å²) in [4.78, 5) is 4.80. The monoisotopic (exact) mass is 589 g/mol. The van der Waals surface area contributed by atoms with Gasteiger partial charge in [0, 0.05) is 22.3 Å². The summed E-state index contributed by atoms with van der Waals surface area (Å²) < 4.78 is 0. The largest absolute Gasteiger partial charge is 0.313 e. The maximum absolute atomic E-state index is 4.80. The first kappa shape index (κ1) is 30.5. The summed E-state index contributed by atoms with van der Waals surface area (Å²) in [5.41, 5.74) is 7.35. The molecule has 0 amide bonds. The Morgan fingerprint density at radius 3 is 1.09 bits per heavy atom. The Morgan fingerprint density at radius 1 is 0.422 bits per heavy atom. The molecular formula is C38H35N7. The molecule has 0 atom stereocenters. The maximum Gasteiger partial charge on any atom is 0.207 e. The molecule has 5 aromatic carbocycles. The number of aryl methyl sites for hydroxylation is 1. The molecule has 0 heterocycles. The molecule has 5 rings (SSSR count). The zero-order valence-corrected chi connectivity index (χ0v) is 25.6. The predicted octanol–water partition coefficient (Wildman–Crippen LogP) is 7.90. The van der Waals surface area contributed by atoms with Gasteiger partial charge in [0.25, 0.3) is 0 Å². The van der Waals surface area contributed by atoms with E-state index in [1.807, 2.05) is 166 Å². The standard InChI is InChI=1S/C38H35N7/c1-28-24-26-35(27-25-28)41-38(39-29(2)42-44-36(31-16-8-4-9-17-31)32-18-10-5-11-19-32)40-30(3)43-45-37(33-20-12-6-13-21-33)34-22-14-7-15-23-34/h4-27H,1-3H3,(H2,39,40,41,42,43). The summed E-state index contributed by atoms with van der Waals surface area (Å²) in [5, 5.41) is 24.9. The van der Waals surface area contributed by atoms with Crippen molar-refractivity contribution < 1.29 is 0 Å². The number of hydrogen-bond donors (Lipinski definition) is 2. The minimum Gasteiger partial charge on any atom is -0.313 e. The summed E-state index contributed by atoms with van der Waals surface area (Å²) in [6, 6.07) is 48.0. The molecule has 5 aromatic rings. The first-order chi connectivity index (χ1) is 22.0. The minimum absolute atomic E-state index is 0.439. The van der Waals surface area contributed by atoms with Crippen LogP contribution in [0.15, 0.2) is 171 Å². The molecule has 0 aliphatic heterocycles. The van der Waals surface area contributed by atoms with Gasteiger partial charge in [-0.1, -0.05) is 139 Å². The minimum atomic E-state index is 0.439. The fourth-order valence-electron chi connectivity index (χ4n) is 4.43. The second-order valence-corrected chi connectivity index (χ2v) is 10.3. The van der Waals surface area contributed by atoms with Crippen LogP contribution < -0.4 is 10.6 Å². The zero-order valence-electron chi connectivity index (χ0n) is 25.6. The lowest BCUT2D eigenvalue weighted by atomic mass is 10.0. The molecule has 0 bridgehead atoms. The molecule has 0 fully saturated rings. The van der Waals surface area contributed by atoms with Gasteiger partial charge >= 0.3 is 0 Å². The number of guanidine groups is 1. The third kappa shape index (κ3) is 9.02. The highest BCUT2D eigenvalue weighted by Gasteiger charge is 2.09. The lowest BCUT2D eigenvalue weighted by molar-refractivity contribution is 1.10. The smallest absolute Gasteiger partial charge is 0.207 e. The van der Waals surface area contributed by atoms with Gasteiger partial charge in [0.05, 0.1) is 5.69 Å². The van der Waals surface area contributed by atoms with Gasteiger partial charge in [0.2, 0.25) is 5.96 Å². The van der Waals surface area contributed by atoms with Crippen LogP contribution >= 0.6 is 0 Å². The van der Waals surface area contributed by atoms with Crippen LogP contribution in [-0.2, 0) is 0 Å². The number of nitrogens with one attached hydrogen (secondary N) is 2. The Balaban J connectivity index is 1.45. The topological polar surface area (TPSA) is 85.9 Å². The summed E-state index contributed by atoms with van der Waals surface area (Å²) in [6.45, 7) is 5.73. The van der Waals surface area contributed by atoms with Gasteiger partial charge in [-0.05, 0) is 32.9 Å². The van der Waals surface area contributed by atoms with Crippen LogP contribution in [0.2, 0.25) is 0 Å². The Bertz CT molecular complexity index is 1630. The van der Waals surface area contributed by atoms with E-state index in [0.29, 0.717) is 17.6 Å². The van der Waals surface area contributed by atoms with E-state index in [2.05, 4.69) is 31.0 Å². The van der Waals surface area contributed by atoms with Crippen molar-refractivity contribution in [1.82, 2.24) is 10.6 Å². The van der Waals surface area contributed by atoms with Gasteiger partial charge in [0.15, 0.2) is 0 Å². The highest BCUT2D eigenvalue weighted by Crippen LogP contribution is 2.14. The van der Waals surface area contributed by atoms with Gasteiger partial charge < -0.3 is 10.6 Å². The van der Waals surface area contributed by atoms with Crippen LogP contribution in [0.4, 0.5) is 5.69 Å². The van der Waals surface area contributed by atoms with E-state index >= 15 is 0 Å². The molecule has 0 aliphatic rings. The number of amidine groups is 2. The predicted molar refractivity (Wildman–Crippen MR) is 188 cm³/mol. The van der Waals surface area contributed by atoms with Crippen LogP contribution in [0.3, 0.4) is 0 Å².